The van der Waals surface area contributed by atoms with Gasteiger partial charge in [0.2, 0.25) is 0 Å². The Labute approximate surface area is 192 Å². The number of ether oxygens (including phenoxy) is 2. The molecule has 2 aliphatic rings. The summed E-state index contributed by atoms with van der Waals surface area (Å²) in [5.41, 5.74) is 4.75. The van der Waals surface area contributed by atoms with Gasteiger partial charge in [0.25, 0.3) is 0 Å². The lowest BCUT2D eigenvalue weighted by Gasteiger charge is -2.37. The van der Waals surface area contributed by atoms with Gasteiger partial charge in [0, 0.05) is 46.4 Å². The zero-order valence-corrected chi connectivity index (χ0v) is 18.1. The van der Waals surface area contributed by atoms with Gasteiger partial charge in [-0.1, -0.05) is 36.4 Å². The Balaban J connectivity index is 1.57. The van der Waals surface area contributed by atoms with Crippen molar-refractivity contribution in [1.29, 1.82) is 0 Å². The number of anilines is 3. The number of carbonyl (C=O) groups excluding carboxylic acids is 1. The molecule has 0 saturated heterocycles. The first-order valence-corrected chi connectivity index (χ1v) is 11.0. The molecule has 0 amide bonds. The lowest BCUT2D eigenvalue weighted by atomic mass is 9.77. The van der Waals surface area contributed by atoms with Gasteiger partial charge in [-0.15, -0.1) is 0 Å². The molecule has 0 saturated carbocycles. The maximum Gasteiger partial charge on any atom is 0.340 e. The van der Waals surface area contributed by atoms with E-state index in [1.165, 1.54) is 0 Å². The molecule has 4 aromatic carbocycles. The van der Waals surface area contributed by atoms with Crippen LogP contribution in [0.1, 0.15) is 34.0 Å². The highest BCUT2D eigenvalue weighted by Gasteiger charge is 2.53. The van der Waals surface area contributed by atoms with Crippen molar-refractivity contribution in [2.75, 3.05) is 17.2 Å². The van der Waals surface area contributed by atoms with Gasteiger partial charge in [0.15, 0.2) is 5.60 Å². The van der Waals surface area contributed by atoms with Crippen molar-refractivity contribution in [3.05, 3.63) is 113 Å². The van der Waals surface area contributed by atoms with Crippen molar-refractivity contribution in [2.24, 2.45) is 0 Å². The molecule has 1 atom stereocenters. The second-order valence-corrected chi connectivity index (χ2v) is 8.16. The van der Waals surface area contributed by atoms with E-state index in [0.29, 0.717) is 17.1 Å². The summed E-state index contributed by atoms with van der Waals surface area (Å²) in [7, 11) is 0. The summed E-state index contributed by atoms with van der Waals surface area (Å²) in [4.78, 5) is 13.0. The third-order valence-corrected chi connectivity index (χ3v) is 6.16. The monoisotopic (exact) mass is 434 g/mol. The smallest absolute Gasteiger partial charge is 0.340 e. The molecule has 2 N–H and O–H groups in total. The summed E-state index contributed by atoms with van der Waals surface area (Å²) < 4.78 is 12.6. The van der Waals surface area contributed by atoms with E-state index in [1.54, 1.807) is 0 Å². The first-order chi connectivity index (χ1) is 16.2. The summed E-state index contributed by atoms with van der Waals surface area (Å²) in [5, 5.41) is 6.77. The van der Waals surface area contributed by atoms with Gasteiger partial charge in [0.05, 0.1) is 5.56 Å². The maximum absolute atomic E-state index is 13.0. The Morgan fingerprint density at radius 3 is 2.36 bits per heavy atom. The molecule has 1 spiro atoms. The predicted molar refractivity (Wildman–Crippen MR) is 129 cm³/mol. The number of fused-ring (bicyclic) bond motifs is 6. The van der Waals surface area contributed by atoms with Crippen LogP contribution in [0.4, 0.5) is 17.1 Å². The summed E-state index contributed by atoms with van der Waals surface area (Å²) >= 11 is 0. The number of esters is 1. The van der Waals surface area contributed by atoms with Crippen molar-refractivity contribution in [1.82, 2.24) is 0 Å². The highest BCUT2D eigenvalue weighted by molar-refractivity contribution is 5.97. The highest BCUT2D eigenvalue weighted by Crippen LogP contribution is 2.56. The summed E-state index contributed by atoms with van der Waals surface area (Å²) in [5.74, 6) is 1.01. The fourth-order valence-electron chi connectivity index (χ4n) is 4.75. The molecule has 0 fully saturated rings. The average molecular weight is 434 g/mol. The molecular weight excluding hydrogens is 412 g/mol. The third-order valence-electron chi connectivity index (χ3n) is 6.16. The zero-order chi connectivity index (χ0) is 22.4. The van der Waals surface area contributed by atoms with Crippen LogP contribution in [0.3, 0.4) is 0 Å². The Morgan fingerprint density at radius 2 is 1.52 bits per heavy atom. The van der Waals surface area contributed by atoms with E-state index in [0.717, 1.165) is 40.3 Å². The second-order valence-electron chi connectivity index (χ2n) is 8.16. The minimum atomic E-state index is -1.07. The van der Waals surface area contributed by atoms with Crippen LogP contribution in [-0.2, 0) is 10.3 Å². The van der Waals surface area contributed by atoms with E-state index in [9.17, 15) is 4.79 Å². The Kier molecular flexibility index (Phi) is 4.37. The van der Waals surface area contributed by atoms with Crippen molar-refractivity contribution < 1.29 is 14.3 Å². The van der Waals surface area contributed by atoms with Gasteiger partial charge in [-0.25, -0.2) is 4.79 Å². The summed E-state index contributed by atoms with van der Waals surface area (Å²) in [6.45, 7) is 2.85. The van der Waals surface area contributed by atoms with Crippen molar-refractivity contribution in [2.45, 2.75) is 12.5 Å². The molecule has 1 unspecified atom stereocenters. The predicted octanol–water partition coefficient (Wildman–Crippen LogP) is 6.43. The minimum Gasteiger partial charge on any atom is -0.456 e. The van der Waals surface area contributed by atoms with E-state index in [1.807, 2.05) is 97.9 Å². The molecule has 0 radical (unpaired) electrons. The molecule has 0 aliphatic carbocycles. The number of benzene rings is 4. The van der Waals surface area contributed by atoms with Gasteiger partial charge in [-0.2, -0.15) is 0 Å². The van der Waals surface area contributed by atoms with E-state index >= 15 is 0 Å². The number of rotatable bonds is 4. The SMILES string of the molecule is CCNc1ccc2c(c1)Oc1ccc(Nc3ccccc3)cc1C21OC(=O)c2ccccc21. The lowest BCUT2D eigenvalue weighted by molar-refractivity contribution is 0.0224. The second kappa shape index (κ2) is 7.41. The van der Waals surface area contributed by atoms with Crippen LogP contribution in [0.25, 0.3) is 0 Å². The summed E-state index contributed by atoms with van der Waals surface area (Å²) in [6.07, 6.45) is 0. The fourth-order valence-corrected chi connectivity index (χ4v) is 4.75. The maximum atomic E-state index is 13.0. The lowest BCUT2D eigenvalue weighted by Crippen LogP contribution is -2.33. The molecule has 0 bridgehead atoms. The quantitative estimate of drug-likeness (QED) is 0.363. The fraction of sp³-hybridized carbons (Fsp3) is 0.107. The molecular formula is C28H22N2O3. The van der Waals surface area contributed by atoms with Crippen LogP contribution in [0.5, 0.6) is 11.5 Å². The van der Waals surface area contributed by atoms with Gasteiger partial charge >= 0.3 is 5.97 Å². The molecule has 4 aromatic rings. The largest absolute Gasteiger partial charge is 0.456 e. The average Bonchev–Trinajstić information content (AvgIpc) is 3.14. The number of nitrogens with one attached hydrogen (secondary N) is 2. The van der Waals surface area contributed by atoms with Gasteiger partial charge in [-0.05, 0) is 55.5 Å². The zero-order valence-electron chi connectivity index (χ0n) is 18.1. The minimum absolute atomic E-state index is 0.332. The van der Waals surface area contributed by atoms with Gasteiger partial charge < -0.3 is 20.1 Å². The number of hydrogen-bond acceptors (Lipinski definition) is 5. The molecule has 5 heteroatoms. The van der Waals surface area contributed by atoms with Crippen LogP contribution in [0, 0.1) is 0 Å². The molecule has 5 nitrogen and oxygen atoms in total. The molecule has 2 aliphatic heterocycles. The van der Waals surface area contributed by atoms with Gasteiger partial charge in [-0.3, -0.25) is 0 Å². The Morgan fingerprint density at radius 1 is 0.727 bits per heavy atom. The molecule has 2 heterocycles. The van der Waals surface area contributed by atoms with Crippen LogP contribution < -0.4 is 15.4 Å². The van der Waals surface area contributed by atoms with E-state index in [-0.39, 0.29) is 5.97 Å². The van der Waals surface area contributed by atoms with Crippen LogP contribution >= 0.6 is 0 Å². The highest BCUT2D eigenvalue weighted by atomic mass is 16.6. The first-order valence-electron chi connectivity index (χ1n) is 11.0. The van der Waals surface area contributed by atoms with Crippen LogP contribution in [0.15, 0.2) is 91.0 Å². The van der Waals surface area contributed by atoms with Crippen LogP contribution in [-0.4, -0.2) is 12.5 Å². The van der Waals surface area contributed by atoms with Crippen molar-refractivity contribution in [3.8, 4) is 11.5 Å². The van der Waals surface area contributed by atoms with E-state index in [4.69, 9.17) is 9.47 Å². The number of carbonyl (C=O) groups is 1. The molecule has 33 heavy (non-hydrogen) atoms. The van der Waals surface area contributed by atoms with Crippen molar-refractivity contribution in [3.63, 3.8) is 0 Å². The topological polar surface area (TPSA) is 59.6 Å². The Bertz CT molecular complexity index is 1380. The van der Waals surface area contributed by atoms with Crippen LogP contribution in [0.2, 0.25) is 0 Å². The standard InChI is InChI=1S/C28H22N2O3/c1-2-29-19-12-14-23-26(17-19)32-25-15-13-20(30-18-8-4-3-5-9-18)16-24(25)28(23)22-11-7-6-10-21(22)27(31)33-28/h3-17,29-30H,2H2,1H3. The first kappa shape index (κ1) is 19.4. The Hall–Kier alpha value is -4.25. The normalized spacial score (nSPS) is 17.4. The molecule has 6 rings (SSSR count). The van der Waals surface area contributed by atoms with Crippen molar-refractivity contribution >= 4 is 23.0 Å². The molecule has 0 aromatic heterocycles. The third kappa shape index (κ3) is 2.97. The number of hydrogen-bond donors (Lipinski definition) is 2. The van der Waals surface area contributed by atoms with Gasteiger partial charge in [0.1, 0.15) is 11.5 Å². The van der Waals surface area contributed by atoms with E-state index < -0.39 is 5.60 Å². The number of para-hydroxylation sites is 1. The molecule has 162 valence electrons. The van der Waals surface area contributed by atoms with E-state index in [2.05, 4.69) is 10.6 Å². The summed E-state index contributed by atoms with van der Waals surface area (Å²) in [6, 6.07) is 29.4.